The Bertz CT molecular complexity index is 4010. The molecule has 1 heterocycles. The number of nitrogens with zero attached hydrogens (tertiary/aromatic N) is 2. The number of anilines is 3. The second kappa shape index (κ2) is 15.5. The summed E-state index contributed by atoms with van der Waals surface area (Å²) in [7, 11) is 0. The maximum atomic E-state index is 2.48. The maximum Gasteiger partial charge on any atom is 0.0619 e. The first-order chi connectivity index (χ1) is 32.7. The van der Waals surface area contributed by atoms with E-state index in [1.54, 1.807) is 0 Å². The Morgan fingerprint density at radius 1 is 0.273 bits per heavy atom. The maximum absolute atomic E-state index is 2.48. The highest BCUT2D eigenvalue weighted by molar-refractivity contribution is 6.19. The van der Waals surface area contributed by atoms with Crippen molar-refractivity contribution in [2.45, 2.75) is 0 Å². The minimum absolute atomic E-state index is 1.08. The number of aromatic nitrogens is 1. The van der Waals surface area contributed by atoms with Crippen LogP contribution in [0.3, 0.4) is 0 Å². The van der Waals surface area contributed by atoms with Crippen molar-refractivity contribution in [1.29, 1.82) is 0 Å². The number of para-hydroxylation sites is 3. The van der Waals surface area contributed by atoms with Gasteiger partial charge in [0.25, 0.3) is 0 Å². The van der Waals surface area contributed by atoms with Crippen LogP contribution in [0.1, 0.15) is 0 Å². The molecule has 0 atom stereocenters. The SMILES string of the molecule is c1cc(-c2ccc3ccccc3c2)cc(N(c2ccc(-c3ccccc3-n3c4ccccc4c4ccc5ccccc5c43)cc2)c2ccccc2-c2cc3ccccc3c3ccccc23)c1. The van der Waals surface area contributed by atoms with Crippen molar-refractivity contribution in [3.63, 3.8) is 0 Å². The van der Waals surface area contributed by atoms with Gasteiger partial charge in [-0.1, -0.05) is 200 Å². The van der Waals surface area contributed by atoms with E-state index in [1.165, 1.54) is 92.7 Å². The molecule has 0 bridgehead atoms. The smallest absolute Gasteiger partial charge is 0.0619 e. The molecule has 0 N–H and O–H groups in total. The Hall–Kier alpha value is -8.72. The summed E-state index contributed by atoms with van der Waals surface area (Å²) < 4.78 is 2.48. The zero-order chi connectivity index (χ0) is 43.6. The molecule has 13 rings (SSSR count). The fraction of sp³-hybridized carbons (Fsp3) is 0. The van der Waals surface area contributed by atoms with Crippen LogP contribution in [0.2, 0.25) is 0 Å². The van der Waals surface area contributed by atoms with Crippen molar-refractivity contribution in [2.24, 2.45) is 0 Å². The van der Waals surface area contributed by atoms with Crippen LogP contribution in [0.15, 0.2) is 255 Å². The second-order valence-electron chi connectivity index (χ2n) is 17.3. The van der Waals surface area contributed by atoms with Gasteiger partial charge in [-0.15, -0.1) is 0 Å². The van der Waals surface area contributed by atoms with Crippen LogP contribution in [0.25, 0.3) is 104 Å². The number of benzene rings is 12. The van der Waals surface area contributed by atoms with Crippen LogP contribution in [-0.4, -0.2) is 4.57 Å². The lowest BCUT2D eigenvalue weighted by atomic mass is 9.92. The minimum Gasteiger partial charge on any atom is -0.310 e. The molecular weight excluding hydrogens is 797 g/mol. The number of hydrogen-bond acceptors (Lipinski definition) is 1. The van der Waals surface area contributed by atoms with E-state index in [4.69, 9.17) is 0 Å². The van der Waals surface area contributed by atoms with Crippen LogP contribution in [-0.2, 0) is 0 Å². The first-order valence-corrected chi connectivity index (χ1v) is 22.8. The van der Waals surface area contributed by atoms with Gasteiger partial charge in [-0.05, 0) is 115 Å². The third kappa shape index (κ3) is 6.18. The largest absolute Gasteiger partial charge is 0.310 e. The van der Waals surface area contributed by atoms with E-state index in [2.05, 4.69) is 264 Å². The predicted molar refractivity (Wildman–Crippen MR) is 282 cm³/mol. The molecule has 0 unspecified atom stereocenters. The van der Waals surface area contributed by atoms with E-state index in [9.17, 15) is 0 Å². The molecule has 0 aliphatic heterocycles. The predicted octanol–water partition coefficient (Wildman–Crippen LogP) is 17.9. The number of hydrogen-bond donors (Lipinski definition) is 0. The quantitative estimate of drug-likeness (QED) is 0.145. The molecule has 66 heavy (non-hydrogen) atoms. The van der Waals surface area contributed by atoms with Crippen molar-refractivity contribution in [1.82, 2.24) is 4.57 Å². The molecule has 0 aliphatic carbocycles. The summed E-state index contributed by atoms with van der Waals surface area (Å²) in [5.41, 5.74) is 13.9. The first-order valence-electron chi connectivity index (χ1n) is 22.8. The van der Waals surface area contributed by atoms with Crippen LogP contribution >= 0.6 is 0 Å². The molecule has 12 aromatic carbocycles. The van der Waals surface area contributed by atoms with E-state index >= 15 is 0 Å². The Morgan fingerprint density at radius 2 is 0.879 bits per heavy atom. The summed E-state index contributed by atoms with van der Waals surface area (Å²) in [6.07, 6.45) is 0. The monoisotopic (exact) mass is 838 g/mol. The van der Waals surface area contributed by atoms with Crippen molar-refractivity contribution in [3.05, 3.63) is 255 Å². The summed E-state index contributed by atoms with van der Waals surface area (Å²) in [4.78, 5) is 2.44. The molecule has 0 saturated carbocycles. The highest BCUT2D eigenvalue weighted by atomic mass is 15.1. The molecule has 0 spiro atoms. The zero-order valence-corrected chi connectivity index (χ0v) is 36.1. The Kier molecular flexibility index (Phi) is 8.89. The summed E-state index contributed by atoms with van der Waals surface area (Å²) in [6.45, 7) is 0. The van der Waals surface area contributed by atoms with Gasteiger partial charge in [-0.2, -0.15) is 0 Å². The highest BCUT2D eigenvalue weighted by Crippen LogP contribution is 2.46. The normalized spacial score (nSPS) is 11.6. The van der Waals surface area contributed by atoms with Crippen LogP contribution in [0, 0.1) is 0 Å². The lowest BCUT2D eigenvalue weighted by Crippen LogP contribution is -2.11. The highest BCUT2D eigenvalue weighted by Gasteiger charge is 2.22. The van der Waals surface area contributed by atoms with Gasteiger partial charge in [-0.3, -0.25) is 0 Å². The molecule has 0 fully saturated rings. The fourth-order valence-electron chi connectivity index (χ4n) is 10.5. The summed E-state index contributed by atoms with van der Waals surface area (Å²) >= 11 is 0. The lowest BCUT2D eigenvalue weighted by molar-refractivity contribution is 1.19. The van der Waals surface area contributed by atoms with Gasteiger partial charge in [0, 0.05) is 38.7 Å². The standard InChI is InChI=1S/C64H42N2/c1-2-18-46-40-48(33-32-43(46)16-1)47-20-15-21-51(41-47)65(62-30-13-11-28-58(62)60-42-49-19-4-5-22-52(49)55-25-7-8-26-56(55)60)50-37-34-45(35-38-50)53-23-9-12-29-61(53)66-63-31-14-10-27-57(63)59-39-36-44-17-3-6-24-54(44)64(59)66/h1-42H. The van der Waals surface area contributed by atoms with E-state index in [0.29, 0.717) is 0 Å². The van der Waals surface area contributed by atoms with Crippen LogP contribution in [0.4, 0.5) is 17.1 Å². The van der Waals surface area contributed by atoms with Crippen molar-refractivity contribution in [2.75, 3.05) is 4.90 Å². The Labute approximate surface area is 383 Å². The number of rotatable bonds is 7. The molecule has 0 radical (unpaired) electrons. The van der Waals surface area contributed by atoms with Gasteiger partial charge < -0.3 is 9.47 Å². The minimum atomic E-state index is 1.08. The van der Waals surface area contributed by atoms with E-state index < -0.39 is 0 Å². The summed E-state index contributed by atoms with van der Waals surface area (Å²) in [6, 6.07) is 93.4. The molecule has 2 heteroatoms. The van der Waals surface area contributed by atoms with Crippen molar-refractivity contribution in [3.8, 4) is 39.1 Å². The van der Waals surface area contributed by atoms with Gasteiger partial charge >= 0.3 is 0 Å². The molecule has 0 aliphatic rings. The van der Waals surface area contributed by atoms with Crippen LogP contribution < -0.4 is 4.90 Å². The number of fused-ring (bicyclic) bond motifs is 9. The third-order valence-corrected chi connectivity index (χ3v) is 13.5. The molecule has 13 aromatic rings. The second-order valence-corrected chi connectivity index (χ2v) is 17.3. The molecular formula is C64H42N2. The average Bonchev–Trinajstić information content (AvgIpc) is 3.74. The summed E-state index contributed by atoms with van der Waals surface area (Å²) in [5, 5.41) is 12.4. The van der Waals surface area contributed by atoms with Crippen LogP contribution in [0.5, 0.6) is 0 Å². The van der Waals surface area contributed by atoms with Gasteiger partial charge in [0.15, 0.2) is 0 Å². The summed E-state index contributed by atoms with van der Waals surface area (Å²) in [5.74, 6) is 0. The van der Waals surface area contributed by atoms with E-state index in [0.717, 1.165) is 28.3 Å². The topological polar surface area (TPSA) is 8.17 Å². The molecule has 0 saturated heterocycles. The first kappa shape index (κ1) is 37.8. The van der Waals surface area contributed by atoms with E-state index in [1.807, 2.05) is 0 Å². The van der Waals surface area contributed by atoms with Gasteiger partial charge in [0.05, 0.1) is 22.4 Å². The molecule has 308 valence electrons. The van der Waals surface area contributed by atoms with Crippen molar-refractivity contribution < 1.29 is 0 Å². The van der Waals surface area contributed by atoms with Crippen molar-refractivity contribution >= 4 is 82.0 Å². The Morgan fingerprint density at radius 3 is 1.73 bits per heavy atom. The average molecular weight is 839 g/mol. The zero-order valence-electron chi connectivity index (χ0n) is 36.1. The molecule has 2 nitrogen and oxygen atoms in total. The van der Waals surface area contributed by atoms with Gasteiger partial charge in [0.1, 0.15) is 0 Å². The Balaban J connectivity index is 1.00. The fourth-order valence-corrected chi connectivity index (χ4v) is 10.5. The van der Waals surface area contributed by atoms with E-state index in [-0.39, 0.29) is 0 Å². The molecule has 1 aromatic heterocycles. The van der Waals surface area contributed by atoms with Gasteiger partial charge in [-0.25, -0.2) is 0 Å². The molecule has 0 amide bonds. The van der Waals surface area contributed by atoms with Gasteiger partial charge in [0.2, 0.25) is 0 Å². The lowest BCUT2D eigenvalue weighted by Gasteiger charge is -2.29. The third-order valence-electron chi connectivity index (χ3n) is 13.5.